The second-order valence-electron chi connectivity index (χ2n) is 7.48. The predicted octanol–water partition coefficient (Wildman–Crippen LogP) is 1.68. The second kappa shape index (κ2) is 8.87. The molecule has 0 aromatic heterocycles. The number of para-hydroxylation sites is 1. The number of carbonyl (C=O) groups excluding carboxylic acids is 3. The number of imide groups is 1. The van der Waals surface area contributed by atoms with E-state index in [2.05, 4.69) is 16.1 Å². The summed E-state index contributed by atoms with van der Waals surface area (Å²) in [5, 5.41) is 6.00. The van der Waals surface area contributed by atoms with E-state index >= 15 is 0 Å². The van der Waals surface area contributed by atoms with Gasteiger partial charge in [0.1, 0.15) is 5.54 Å². The van der Waals surface area contributed by atoms with E-state index in [-0.39, 0.29) is 11.4 Å². The Morgan fingerprint density at radius 3 is 2.44 bits per heavy atom. The number of hydrogen-bond acceptors (Lipinski definition) is 6. The summed E-state index contributed by atoms with van der Waals surface area (Å²) in [7, 11) is -2.36. The summed E-state index contributed by atoms with van der Waals surface area (Å²) in [6.07, 6.45) is 0.376. The fourth-order valence-electron chi connectivity index (χ4n) is 3.07. The second-order valence-corrected chi connectivity index (χ2v) is 9.45. The Morgan fingerprint density at radius 1 is 1.12 bits per heavy atom. The molecule has 0 aliphatic carbocycles. The maximum atomic E-state index is 12.9. The van der Waals surface area contributed by atoms with Gasteiger partial charge in [-0.3, -0.25) is 19.3 Å². The molecule has 1 aliphatic heterocycles. The highest BCUT2D eigenvalue weighted by atomic mass is 32.2. The van der Waals surface area contributed by atoms with Crippen LogP contribution in [0.3, 0.4) is 0 Å². The van der Waals surface area contributed by atoms with Crippen molar-refractivity contribution in [3.8, 4) is 0 Å². The van der Waals surface area contributed by atoms with Crippen molar-refractivity contribution in [3.05, 3.63) is 54.6 Å². The summed E-state index contributed by atoms with van der Waals surface area (Å²) < 4.78 is 27.1. The minimum Gasteiger partial charge on any atom is -0.376 e. The third kappa shape index (κ3) is 4.52. The molecule has 1 atom stereocenters. The highest BCUT2D eigenvalue weighted by Gasteiger charge is 2.47. The number of hydrogen-bond donors (Lipinski definition) is 3. The molecule has 0 saturated carbocycles. The average molecular weight is 460 g/mol. The minimum atomic E-state index is -3.82. The highest BCUT2D eigenvalue weighted by molar-refractivity contribution is 7.92. The summed E-state index contributed by atoms with van der Waals surface area (Å²) in [4.78, 5) is 36.7. The number of amides is 4. The van der Waals surface area contributed by atoms with Crippen LogP contribution in [-0.2, 0) is 19.6 Å². The fraction of sp³-hybridized carbons (Fsp3) is 0.286. The summed E-state index contributed by atoms with van der Waals surface area (Å²) in [5.74, 6) is -1.18. The van der Waals surface area contributed by atoms with Gasteiger partial charge in [0.25, 0.3) is 21.8 Å². The zero-order valence-electron chi connectivity index (χ0n) is 18.0. The molecule has 10 nitrogen and oxygen atoms in total. The van der Waals surface area contributed by atoms with Gasteiger partial charge >= 0.3 is 6.03 Å². The molecule has 2 aromatic carbocycles. The zero-order valence-corrected chi connectivity index (χ0v) is 18.8. The van der Waals surface area contributed by atoms with Crippen molar-refractivity contribution in [2.75, 3.05) is 23.2 Å². The number of hydrazine groups is 1. The molecular formula is C21H25N5O5S. The summed E-state index contributed by atoms with van der Waals surface area (Å²) >= 11 is 0. The number of nitrogens with one attached hydrogen (secondary N) is 3. The summed E-state index contributed by atoms with van der Waals surface area (Å²) in [5.41, 5.74) is 2.10. The van der Waals surface area contributed by atoms with Crippen molar-refractivity contribution < 1.29 is 22.8 Å². The van der Waals surface area contributed by atoms with Crippen molar-refractivity contribution in [2.45, 2.75) is 30.7 Å². The number of carbonyl (C=O) groups is 3. The first kappa shape index (κ1) is 23.1. The van der Waals surface area contributed by atoms with E-state index in [1.165, 1.54) is 23.5 Å². The lowest BCUT2D eigenvalue weighted by atomic mass is 10.00. The molecule has 1 aliphatic rings. The SMILES string of the molecule is CCC1(C)NC(=O)N(NC(=O)CNc2cccc(S(=O)(=O)N(C)c3ccccc3)c2)C1=O. The first-order valence-corrected chi connectivity index (χ1v) is 11.4. The number of sulfonamides is 1. The lowest BCUT2D eigenvalue weighted by Gasteiger charge is -2.20. The van der Waals surface area contributed by atoms with Crippen LogP contribution in [0.4, 0.5) is 16.2 Å². The molecule has 1 fully saturated rings. The Hall–Kier alpha value is -3.60. The van der Waals surface area contributed by atoms with Crippen molar-refractivity contribution >= 4 is 39.2 Å². The maximum Gasteiger partial charge on any atom is 0.344 e. The molecule has 11 heteroatoms. The molecular weight excluding hydrogens is 434 g/mol. The van der Waals surface area contributed by atoms with E-state index in [0.717, 1.165) is 0 Å². The van der Waals surface area contributed by atoms with Crippen LogP contribution in [0.25, 0.3) is 0 Å². The number of nitrogens with zero attached hydrogens (tertiary/aromatic N) is 2. The maximum absolute atomic E-state index is 12.9. The Kier molecular flexibility index (Phi) is 6.40. The van der Waals surface area contributed by atoms with Crippen LogP contribution in [0.2, 0.25) is 0 Å². The van der Waals surface area contributed by atoms with Crippen molar-refractivity contribution in [2.24, 2.45) is 0 Å². The molecule has 4 amide bonds. The van der Waals surface area contributed by atoms with Gasteiger partial charge in [-0.25, -0.2) is 13.2 Å². The Morgan fingerprint density at radius 2 is 1.81 bits per heavy atom. The van der Waals surface area contributed by atoms with E-state index in [0.29, 0.717) is 22.8 Å². The molecule has 1 saturated heterocycles. The highest BCUT2D eigenvalue weighted by Crippen LogP contribution is 2.23. The van der Waals surface area contributed by atoms with Crippen molar-refractivity contribution in [1.29, 1.82) is 0 Å². The van der Waals surface area contributed by atoms with Gasteiger partial charge in [-0.05, 0) is 43.7 Å². The Bertz CT molecular complexity index is 1140. The molecule has 32 heavy (non-hydrogen) atoms. The third-order valence-corrected chi connectivity index (χ3v) is 7.05. The van der Waals surface area contributed by atoms with Crippen molar-refractivity contribution in [3.63, 3.8) is 0 Å². The number of benzene rings is 2. The van der Waals surface area contributed by atoms with Gasteiger partial charge in [0.15, 0.2) is 0 Å². The van der Waals surface area contributed by atoms with Gasteiger partial charge in [0.05, 0.1) is 17.1 Å². The minimum absolute atomic E-state index is 0.0436. The Balaban J connectivity index is 1.66. The molecule has 1 heterocycles. The normalized spacial score (nSPS) is 18.3. The third-order valence-electron chi connectivity index (χ3n) is 5.27. The van der Waals surface area contributed by atoms with Crippen LogP contribution in [0.15, 0.2) is 59.5 Å². The Labute approximate surface area is 186 Å². The largest absolute Gasteiger partial charge is 0.376 e. The molecule has 3 rings (SSSR count). The molecule has 1 unspecified atom stereocenters. The van der Waals surface area contributed by atoms with Crippen LogP contribution < -0.4 is 20.4 Å². The first-order valence-electron chi connectivity index (χ1n) is 9.92. The number of urea groups is 1. The number of anilines is 2. The summed E-state index contributed by atoms with van der Waals surface area (Å²) in [6.45, 7) is 3.05. The van der Waals surface area contributed by atoms with Gasteiger partial charge in [0, 0.05) is 12.7 Å². The topological polar surface area (TPSA) is 128 Å². The van der Waals surface area contributed by atoms with E-state index in [9.17, 15) is 22.8 Å². The van der Waals surface area contributed by atoms with E-state index in [1.54, 1.807) is 56.3 Å². The molecule has 0 spiro atoms. The van der Waals surface area contributed by atoms with E-state index < -0.39 is 33.4 Å². The summed E-state index contributed by atoms with van der Waals surface area (Å²) in [6, 6.07) is 14.0. The fourth-order valence-corrected chi connectivity index (χ4v) is 4.32. The van der Waals surface area contributed by atoms with E-state index in [4.69, 9.17) is 0 Å². The number of rotatable bonds is 8. The van der Waals surface area contributed by atoms with Crippen LogP contribution in [0.1, 0.15) is 20.3 Å². The smallest absolute Gasteiger partial charge is 0.344 e. The van der Waals surface area contributed by atoms with Gasteiger partial charge in [0.2, 0.25) is 0 Å². The van der Waals surface area contributed by atoms with Crippen LogP contribution >= 0.6 is 0 Å². The van der Waals surface area contributed by atoms with Crippen molar-refractivity contribution in [1.82, 2.24) is 15.8 Å². The predicted molar refractivity (Wildman–Crippen MR) is 119 cm³/mol. The lowest BCUT2D eigenvalue weighted by Crippen LogP contribution is -2.50. The van der Waals surface area contributed by atoms with Gasteiger partial charge in [-0.15, -0.1) is 0 Å². The monoisotopic (exact) mass is 459 g/mol. The van der Waals surface area contributed by atoms with E-state index in [1.807, 2.05) is 0 Å². The van der Waals surface area contributed by atoms with Gasteiger partial charge in [-0.1, -0.05) is 31.2 Å². The molecule has 3 N–H and O–H groups in total. The molecule has 0 bridgehead atoms. The molecule has 0 radical (unpaired) electrons. The first-order chi connectivity index (χ1) is 15.1. The van der Waals surface area contributed by atoms with Gasteiger partial charge in [-0.2, -0.15) is 5.01 Å². The standard InChI is InChI=1S/C21H25N5O5S/c1-4-21(2)19(28)26(20(29)23-21)24-18(27)14-22-15-9-8-12-17(13-15)32(30,31)25(3)16-10-6-5-7-11-16/h5-13,22H,4,14H2,1-3H3,(H,23,29)(H,24,27). The van der Waals surface area contributed by atoms with Crippen LogP contribution in [0, 0.1) is 0 Å². The zero-order chi connectivity index (χ0) is 23.5. The van der Waals surface area contributed by atoms with Crippen LogP contribution in [-0.4, -0.2) is 50.4 Å². The van der Waals surface area contributed by atoms with Crippen LogP contribution in [0.5, 0.6) is 0 Å². The molecule has 2 aromatic rings. The molecule has 170 valence electrons. The quantitative estimate of drug-likeness (QED) is 0.515. The van der Waals surface area contributed by atoms with Gasteiger partial charge < -0.3 is 10.6 Å². The lowest BCUT2D eigenvalue weighted by molar-refractivity contribution is -0.138. The average Bonchev–Trinajstić information content (AvgIpc) is 3.01.